The predicted octanol–water partition coefficient (Wildman–Crippen LogP) is 8.65. The van der Waals surface area contributed by atoms with Gasteiger partial charge in [0, 0.05) is 12.8 Å². The van der Waals surface area contributed by atoms with Gasteiger partial charge in [0.05, 0.1) is 6.61 Å². The van der Waals surface area contributed by atoms with E-state index in [1.807, 2.05) is 30.3 Å². The normalized spacial score (nSPS) is 16.1. The zero-order valence-corrected chi connectivity index (χ0v) is 22.1. The maximum Gasteiger partial charge on any atom is 0.306 e. The molecule has 1 aliphatic rings. The molecule has 35 heavy (non-hydrogen) atoms. The summed E-state index contributed by atoms with van der Waals surface area (Å²) in [4.78, 5) is 24.5. The second-order valence-corrected chi connectivity index (χ2v) is 10.0. The van der Waals surface area contributed by atoms with Crippen LogP contribution in [-0.2, 0) is 19.1 Å². The Morgan fingerprint density at radius 1 is 0.857 bits per heavy atom. The van der Waals surface area contributed by atoms with E-state index in [4.69, 9.17) is 9.47 Å². The highest BCUT2D eigenvalue weighted by atomic mass is 16.5. The van der Waals surface area contributed by atoms with E-state index in [1.165, 1.54) is 57.8 Å². The molecule has 0 aliphatic heterocycles. The molecule has 196 valence electrons. The molecular weight excluding hydrogens is 436 g/mol. The van der Waals surface area contributed by atoms with Crippen molar-refractivity contribution in [2.75, 3.05) is 6.61 Å². The Hall–Kier alpha value is -2.10. The highest BCUT2D eigenvalue weighted by Gasteiger charge is 2.21. The second-order valence-electron chi connectivity index (χ2n) is 10.0. The number of hydrogen-bond acceptors (Lipinski definition) is 4. The highest BCUT2D eigenvalue weighted by Crippen LogP contribution is 2.31. The molecule has 0 spiro atoms. The monoisotopic (exact) mass is 484 g/mol. The van der Waals surface area contributed by atoms with Gasteiger partial charge in [0.1, 0.15) is 6.10 Å². The van der Waals surface area contributed by atoms with E-state index in [0.717, 1.165) is 37.7 Å². The predicted molar refractivity (Wildman–Crippen MR) is 143 cm³/mol. The summed E-state index contributed by atoms with van der Waals surface area (Å²) in [5.74, 6) is 0.00402. The zero-order chi connectivity index (χ0) is 25.0. The molecule has 0 saturated carbocycles. The van der Waals surface area contributed by atoms with Gasteiger partial charge >= 0.3 is 11.9 Å². The quantitative estimate of drug-likeness (QED) is 0.112. The molecular formula is C31H48O4. The minimum absolute atomic E-state index is 0.208. The van der Waals surface area contributed by atoms with Gasteiger partial charge in [-0.05, 0) is 50.0 Å². The van der Waals surface area contributed by atoms with Crippen molar-refractivity contribution in [3.8, 4) is 0 Å². The maximum absolute atomic E-state index is 12.5. The van der Waals surface area contributed by atoms with Crippen molar-refractivity contribution in [2.45, 2.75) is 122 Å². The van der Waals surface area contributed by atoms with Crippen LogP contribution in [0.1, 0.15) is 128 Å². The van der Waals surface area contributed by atoms with Crippen molar-refractivity contribution in [1.82, 2.24) is 0 Å². The topological polar surface area (TPSA) is 52.6 Å². The Labute approximate surface area is 213 Å². The van der Waals surface area contributed by atoms with Crippen LogP contribution in [0.15, 0.2) is 42.5 Å². The third-order valence-corrected chi connectivity index (χ3v) is 6.84. The third-order valence-electron chi connectivity index (χ3n) is 6.84. The first kappa shape index (κ1) is 29.1. The number of unbranched alkanes of at least 4 members (excludes halogenated alkanes) is 9. The van der Waals surface area contributed by atoms with E-state index in [9.17, 15) is 9.59 Å². The summed E-state index contributed by atoms with van der Waals surface area (Å²) in [7, 11) is 0. The lowest BCUT2D eigenvalue weighted by Crippen LogP contribution is -2.16. The smallest absolute Gasteiger partial charge is 0.306 e. The SMILES string of the molecule is CCCCCCCCCCCCOC(=O)CCCC(=O)OC(CC1C=CCCC1)c1ccccc1. The van der Waals surface area contributed by atoms with Crippen LogP contribution in [0.4, 0.5) is 0 Å². The average Bonchev–Trinajstić information content (AvgIpc) is 2.88. The Kier molecular flexibility index (Phi) is 15.9. The molecule has 0 bridgehead atoms. The van der Waals surface area contributed by atoms with Gasteiger partial charge in [-0.3, -0.25) is 9.59 Å². The molecule has 0 aromatic heterocycles. The van der Waals surface area contributed by atoms with Gasteiger partial charge in [0.2, 0.25) is 0 Å². The van der Waals surface area contributed by atoms with E-state index >= 15 is 0 Å². The van der Waals surface area contributed by atoms with E-state index < -0.39 is 0 Å². The molecule has 1 aromatic carbocycles. The van der Waals surface area contributed by atoms with Crippen molar-refractivity contribution >= 4 is 11.9 Å². The van der Waals surface area contributed by atoms with Crippen LogP contribution in [0.2, 0.25) is 0 Å². The summed E-state index contributed by atoms with van der Waals surface area (Å²) in [6, 6.07) is 9.99. The summed E-state index contributed by atoms with van der Waals surface area (Å²) >= 11 is 0. The molecule has 1 aromatic rings. The van der Waals surface area contributed by atoms with Gasteiger partial charge in [-0.2, -0.15) is 0 Å². The summed E-state index contributed by atoms with van der Waals surface area (Å²) in [5.41, 5.74) is 1.04. The molecule has 0 N–H and O–H groups in total. The Morgan fingerprint density at radius 2 is 1.51 bits per heavy atom. The van der Waals surface area contributed by atoms with E-state index in [1.54, 1.807) is 0 Å². The zero-order valence-electron chi connectivity index (χ0n) is 22.1. The molecule has 0 fully saturated rings. The number of allylic oxidation sites excluding steroid dienone is 2. The molecule has 0 heterocycles. The lowest BCUT2D eigenvalue weighted by molar-refractivity contribution is -0.150. The summed E-state index contributed by atoms with van der Waals surface area (Å²) in [6.45, 7) is 2.74. The molecule has 4 heteroatoms. The fraction of sp³-hybridized carbons (Fsp3) is 0.677. The lowest BCUT2D eigenvalue weighted by atomic mass is 9.89. The fourth-order valence-corrected chi connectivity index (χ4v) is 4.72. The highest BCUT2D eigenvalue weighted by molar-refractivity contribution is 5.72. The molecule has 1 aliphatic carbocycles. The van der Waals surface area contributed by atoms with Gasteiger partial charge < -0.3 is 9.47 Å². The van der Waals surface area contributed by atoms with E-state index in [2.05, 4.69) is 19.1 Å². The van der Waals surface area contributed by atoms with Crippen LogP contribution < -0.4 is 0 Å². The van der Waals surface area contributed by atoms with Crippen molar-refractivity contribution in [3.05, 3.63) is 48.0 Å². The Bertz CT molecular complexity index is 712. The molecule has 0 amide bonds. The van der Waals surface area contributed by atoms with Crippen LogP contribution in [0.25, 0.3) is 0 Å². The minimum atomic E-state index is -0.236. The van der Waals surface area contributed by atoms with Crippen LogP contribution >= 0.6 is 0 Å². The first-order valence-electron chi connectivity index (χ1n) is 14.3. The summed E-state index contributed by atoms with van der Waals surface area (Å²) in [6.07, 6.45) is 22.2. The van der Waals surface area contributed by atoms with Crippen molar-refractivity contribution in [1.29, 1.82) is 0 Å². The molecule has 0 radical (unpaired) electrons. The number of carbonyl (C=O) groups excluding carboxylic acids is 2. The standard InChI is InChI=1S/C31H48O4/c1-2-3-4-5-6-7-8-9-10-17-25-34-30(32)23-18-24-31(33)35-29(28-21-15-12-16-22-28)26-27-19-13-11-14-20-27/h12-13,15-16,19,21-22,27,29H,2-11,14,17-18,20,23-26H2,1H3. The largest absolute Gasteiger partial charge is 0.466 e. The van der Waals surface area contributed by atoms with Gasteiger partial charge in [-0.25, -0.2) is 0 Å². The van der Waals surface area contributed by atoms with Gasteiger partial charge in [0.15, 0.2) is 0 Å². The van der Waals surface area contributed by atoms with E-state index in [-0.39, 0.29) is 30.9 Å². The third kappa shape index (κ3) is 14.1. The number of benzene rings is 1. The van der Waals surface area contributed by atoms with Crippen molar-refractivity contribution < 1.29 is 19.1 Å². The van der Waals surface area contributed by atoms with Crippen molar-refractivity contribution in [3.63, 3.8) is 0 Å². The first-order chi connectivity index (χ1) is 17.2. The molecule has 2 unspecified atom stereocenters. The summed E-state index contributed by atoms with van der Waals surface area (Å²) in [5, 5.41) is 0. The van der Waals surface area contributed by atoms with Crippen LogP contribution in [-0.4, -0.2) is 18.5 Å². The number of carbonyl (C=O) groups is 2. The Morgan fingerprint density at radius 3 is 2.17 bits per heavy atom. The number of esters is 2. The van der Waals surface area contributed by atoms with E-state index in [0.29, 0.717) is 18.9 Å². The van der Waals surface area contributed by atoms with Crippen LogP contribution in [0.3, 0.4) is 0 Å². The van der Waals surface area contributed by atoms with Crippen LogP contribution in [0.5, 0.6) is 0 Å². The lowest BCUT2D eigenvalue weighted by Gasteiger charge is -2.24. The van der Waals surface area contributed by atoms with Gasteiger partial charge in [-0.1, -0.05) is 107 Å². The van der Waals surface area contributed by atoms with Gasteiger partial charge in [-0.15, -0.1) is 0 Å². The molecule has 4 nitrogen and oxygen atoms in total. The van der Waals surface area contributed by atoms with Gasteiger partial charge in [0.25, 0.3) is 0 Å². The average molecular weight is 485 g/mol. The molecule has 0 saturated heterocycles. The van der Waals surface area contributed by atoms with Crippen LogP contribution in [0, 0.1) is 5.92 Å². The number of hydrogen-bond donors (Lipinski definition) is 0. The number of ether oxygens (including phenoxy) is 2. The molecule has 2 atom stereocenters. The molecule has 2 rings (SSSR count). The number of rotatable bonds is 19. The van der Waals surface area contributed by atoms with Crippen molar-refractivity contribution in [2.24, 2.45) is 5.92 Å². The first-order valence-corrected chi connectivity index (χ1v) is 14.3. The Balaban J connectivity index is 1.54. The summed E-state index contributed by atoms with van der Waals surface area (Å²) < 4.78 is 11.2. The fourth-order valence-electron chi connectivity index (χ4n) is 4.72. The second kappa shape index (κ2) is 19.1. The maximum atomic E-state index is 12.5. The minimum Gasteiger partial charge on any atom is -0.466 e.